The summed E-state index contributed by atoms with van der Waals surface area (Å²) in [6.45, 7) is 0. The summed E-state index contributed by atoms with van der Waals surface area (Å²) in [4.78, 5) is 3.35. The molecule has 0 bridgehead atoms. The fraction of sp³-hybridized carbons (Fsp3) is 0.0625. The van der Waals surface area contributed by atoms with Crippen LogP contribution in [0.1, 0.15) is 11.1 Å². The highest BCUT2D eigenvalue weighted by Crippen LogP contribution is 2.34. The maximum Gasteiger partial charge on any atom is 0.416 e. The minimum Gasteiger partial charge on any atom is -0.277 e. The van der Waals surface area contributed by atoms with Gasteiger partial charge in [-0.05, 0) is 30.3 Å². The number of sulfonamides is 1. The van der Waals surface area contributed by atoms with E-state index in [4.69, 9.17) is 5.26 Å². The molecule has 0 aliphatic rings. The fourth-order valence-corrected chi connectivity index (χ4v) is 3.54. The minimum absolute atomic E-state index is 0.0403. The molecule has 7 nitrogen and oxygen atoms in total. The summed E-state index contributed by atoms with van der Waals surface area (Å²) >= 11 is 0. The first-order chi connectivity index (χ1) is 12.7. The molecule has 1 N–H and O–H groups in total. The summed E-state index contributed by atoms with van der Waals surface area (Å²) in [6, 6.07) is 9.63. The summed E-state index contributed by atoms with van der Waals surface area (Å²) in [7, 11) is -4.33. The van der Waals surface area contributed by atoms with Gasteiger partial charge in [-0.1, -0.05) is 12.1 Å². The number of alkyl halides is 3. The molecule has 0 unspecified atom stereocenters. The summed E-state index contributed by atoms with van der Waals surface area (Å²) < 4.78 is 67.8. The number of hydrogen-bond donors (Lipinski definition) is 1. The number of hydrogen-bond acceptors (Lipinski definition) is 5. The van der Waals surface area contributed by atoms with E-state index < -0.39 is 21.8 Å². The van der Waals surface area contributed by atoms with Crippen LogP contribution in [0.25, 0.3) is 5.69 Å². The van der Waals surface area contributed by atoms with Crippen molar-refractivity contribution in [3.05, 3.63) is 66.2 Å². The first-order valence-corrected chi connectivity index (χ1v) is 8.79. The summed E-state index contributed by atoms with van der Waals surface area (Å²) in [5.74, 6) is 0. The van der Waals surface area contributed by atoms with Gasteiger partial charge in [-0.15, -0.1) is 0 Å². The molecule has 27 heavy (non-hydrogen) atoms. The molecule has 3 aromatic rings. The van der Waals surface area contributed by atoms with Crippen molar-refractivity contribution in [3.63, 3.8) is 0 Å². The lowest BCUT2D eigenvalue weighted by Crippen LogP contribution is -2.17. The minimum atomic E-state index is -4.67. The molecule has 1 aromatic heterocycles. The Labute approximate surface area is 151 Å². The van der Waals surface area contributed by atoms with E-state index >= 15 is 0 Å². The molecule has 0 saturated heterocycles. The molecule has 3 rings (SSSR count). The maximum atomic E-state index is 13.1. The molecule has 0 atom stereocenters. The number of nitrogens with one attached hydrogen (secondary N) is 1. The molecule has 2 aromatic carbocycles. The highest BCUT2D eigenvalue weighted by molar-refractivity contribution is 7.92. The predicted octanol–water partition coefficient (Wildman–Crippen LogP) is 2.96. The molecule has 0 amide bonds. The van der Waals surface area contributed by atoms with Gasteiger partial charge in [0.2, 0.25) is 0 Å². The predicted molar refractivity (Wildman–Crippen MR) is 88.3 cm³/mol. The van der Waals surface area contributed by atoms with Crippen LogP contribution in [-0.2, 0) is 16.2 Å². The van der Waals surface area contributed by atoms with Gasteiger partial charge in [-0.2, -0.15) is 23.5 Å². The Hall–Kier alpha value is -3.39. The van der Waals surface area contributed by atoms with Crippen molar-refractivity contribution in [1.29, 1.82) is 5.26 Å². The SMILES string of the molecule is N#Cc1ccccc1S(=O)(=O)Nc1cc(C(F)(F)F)ccc1-n1cncn1. The zero-order valence-corrected chi connectivity index (χ0v) is 14.2. The Morgan fingerprint density at radius 2 is 1.89 bits per heavy atom. The zero-order chi connectivity index (χ0) is 19.7. The van der Waals surface area contributed by atoms with E-state index in [0.717, 1.165) is 23.1 Å². The third kappa shape index (κ3) is 3.75. The van der Waals surface area contributed by atoms with Crippen LogP contribution in [0.4, 0.5) is 18.9 Å². The highest BCUT2D eigenvalue weighted by atomic mass is 32.2. The molecule has 1 heterocycles. The number of benzene rings is 2. The van der Waals surface area contributed by atoms with Gasteiger partial charge < -0.3 is 0 Å². The Balaban J connectivity index is 2.13. The smallest absolute Gasteiger partial charge is 0.277 e. The number of nitriles is 1. The van der Waals surface area contributed by atoms with E-state index in [1.165, 1.54) is 30.6 Å². The number of rotatable bonds is 4. The fourth-order valence-electron chi connectivity index (χ4n) is 2.32. The first kappa shape index (κ1) is 18.4. The van der Waals surface area contributed by atoms with Gasteiger partial charge in [0.25, 0.3) is 10.0 Å². The third-order valence-electron chi connectivity index (χ3n) is 3.53. The van der Waals surface area contributed by atoms with E-state index in [1.54, 1.807) is 6.07 Å². The lowest BCUT2D eigenvalue weighted by Gasteiger charge is -2.15. The van der Waals surface area contributed by atoms with Gasteiger partial charge in [-0.3, -0.25) is 4.72 Å². The summed E-state index contributed by atoms with van der Waals surface area (Å²) in [5.41, 5.74) is -1.50. The van der Waals surface area contributed by atoms with Crippen molar-refractivity contribution in [2.75, 3.05) is 4.72 Å². The van der Waals surface area contributed by atoms with Crippen LogP contribution in [-0.4, -0.2) is 23.2 Å². The lowest BCUT2D eigenvalue weighted by atomic mass is 10.1. The molecule has 0 aliphatic carbocycles. The van der Waals surface area contributed by atoms with E-state index in [2.05, 4.69) is 14.8 Å². The molecule has 0 saturated carbocycles. The monoisotopic (exact) mass is 393 g/mol. The van der Waals surface area contributed by atoms with Crippen LogP contribution in [0.5, 0.6) is 0 Å². The zero-order valence-electron chi connectivity index (χ0n) is 13.3. The largest absolute Gasteiger partial charge is 0.416 e. The molecule has 11 heteroatoms. The second-order valence-electron chi connectivity index (χ2n) is 5.28. The normalized spacial score (nSPS) is 11.8. The average Bonchev–Trinajstić information content (AvgIpc) is 3.15. The van der Waals surface area contributed by atoms with E-state index in [1.807, 2.05) is 0 Å². The molecule has 138 valence electrons. The van der Waals surface area contributed by atoms with Crippen LogP contribution < -0.4 is 4.72 Å². The molecule has 0 spiro atoms. The quantitative estimate of drug-likeness (QED) is 0.734. The topological polar surface area (TPSA) is 101 Å². The second kappa shape index (κ2) is 6.73. The molecular formula is C16H10F3N5O2S. The van der Waals surface area contributed by atoms with Crippen LogP contribution >= 0.6 is 0 Å². The lowest BCUT2D eigenvalue weighted by molar-refractivity contribution is -0.137. The summed E-state index contributed by atoms with van der Waals surface area (Å²) in [5, 5.41) is 12.9. The van der Waals surface area contributed by atoms with Gasteiger partial charge in [-0.25, -0.2) is 18.1 Å². The van der Waals surface area contributed by atoms with Gasteiger partial charge in [0, 0.05) is 0 Å². The van der Waals surface area contributed by atoms with Crippen LogP contribution in [0.15, 0.2) is 60.0 Å². The van der Waals surface area contributed by atoms with Crippen molar-refractivity contribution in [2.45, 2.75) is 11.1 Å². The second-order valence-corrected chi connectivity index (χ2v) is 6.93. The first-order valence-electron chi connectivity index (χ1n) is 7.30. The van der Waals surface area contributed by atoms with Crippen molar-refractivity contribution >= 4 is 15.7 Å². The maximum absolute atomic E-state index is 13.1. The molecular weight excluding hydrogens is 383 g/mol. The Morgan fingerprint density at radius 1 is 1.15 bits per heavy atom. The summed E-state index contributed by atoms with van der Waals surface area (Å²) in [6.07, 6.45) is -2.31. The Bertz CT molecular complexity index is 1120. The van der Waals surface area contributed by atoms with E-state index in [0.29, 0.717) is 6.07 Å². The van der Waals surface area contributed by atoms with Crippen LogP contribution in [0, 0.1) is 11.3 Å². The standard InChI is InChI=1S/C16H10F3N5O2S/c17-16(18,19)12-5-6-14(24-10-21-9-22-24)13(7-12)23-27(25,26)15-4-2-1-3-11(15)8-20/h1-7,9-10,23H. The number of halogens is 3. The van der Waals surface area contributed by atoms with Gasteiger partial charge in [0.1, 0.15) is 23.6 Å². The number of anilines is 1. The number of aromatic nitrogens is 3. The van der Waals surface area contributed by atoms with Gasteiger partial charge in [0.15, 0.2) is 0 Å². The van der Waals surface area contributed by atoms with Crippen molar-refractivity contribution in [2.24, 2.45) is 0 Å². The number of nitrogens with zero attached hydrogens (tertiary/aromatic N) is 4. The third-order valence-corrected chi connectivity index (χ3v) is 4.95. The van der Waals surface area contributed by atoms with Crippen molar-refractivity contribution in [3.8, 4) is 11.8 Å². The molecule has 0 radical (unpaired) electrons. The van der Waals surface area contributed by atoms with Gasteiger partial charge >= 0.3 is 6.18 Å². The van der Waals surface area contributed by atoms with Crippen LogP contribution in [0.3, 0.4) is 0 Å². The van der Waals surface area contributed by atoms with E-state index in [9.17, 15) is 21.6 Å². The average molecular weight is 393 g/mol. The Morgan fingerprint density at radius 3 is 2.52 bits per heavy atom. The molecule has 0 aliphatic heterocycles. The highest BCUT2D eigenvalue weighted by Gasteiger charge is 2.32. The van der Waals surface area contributed by atoms with Crippen molar-refractivity contribution < 1.29 is 21.6 Å². The molecule has 0 fully saturated rings. The van der Waals surface area contributed by atoms with E-state index in [-0.39, 0.29) is 21.8 Å². The van der Waals surface area contributed by atoms with Crippen molar-refractivity contribution in [1.82, 2.24) is 14.8 Å². The van der Waals surface area contributed by atoms with Crippen LogP contribution in [0.2, 0.25) is 0 Å². The Kier molecular flexibility index (Phi) is 4.59. The van der Waals surface area contributed by atoms with Gasteiger partial charge in [0.05, 0.1) is 22.5 Å².